The number of carbonyl (C=O) groups excluding carboxylic acids is 1. The predicted molar refractivity (Wildman–Crippen MR) is 61.9 cm³/mol. The van der Waals surface area contributed by atoms with Gasteiger partial charge in [-0.2, -0.15) is 0 Å². The number of hydrogen-bond donors (Lipinski definition) is 2. The number of nitrogens with one attached hydrogen (secondary N) is 1. The first-order valence-electron chi connectivity index (χ1n) is 5.52. The SMILES string of the molecule is CC(CO)NC(=O)CCCc1ccccn1. The zero-order valence-electron chi connectivity index (χ0n) is 9.52. The molecule has 1 heterocycles. The molecule has 1 unspecified atom stereocenters. The van der Waals surface area contributed by atoms with E-state index >= 15 is 0 Å². The van der Waals surface area contributed by atoms with Crippen molar-refractivity contribution in [1.29, 1.82) is 0 Å². The number of hydrogen-bond acceptors (Lipinski definition) is 3. The molecule has 1 rings (SSSR count). The van der Waals surface area contributed by atoms with Gasteiger partial charge in [0.15, 0.2) is 0 Å². The summed E-state index contributed by atoms with van der Waals surface area (Å²) in [4.78, 5) is 15.5. The van der Waals surface area contributed by atoms with Crippen LogP contribution in [0.1, 0.15) is 25.5 Å². The lowest BCUT2D eigenvalue weighted by Crippen LogP contribution is -2.34. The number of aliphatic hydroxyl groups excluding tert-OH is 1. The predicted octanol–water partition coefficient (Wildman–Crippen LogP) is 0.901. The average molecular weight is 222 g/mol. The largest absolute Gasteiger partial charge is 0.394 e. The lowest BCUT2D eigenvalue weighted by atomic mass is 10.1. The Hall–Kier alpha value is -1.42. The van der Waals surface area contributed by atoms with Crippen molar-refractivity contribution in [2.75, 3.05) is 6.61 Å². The van der Waals surface area contributed by atoms with E-state index in [1.165, 1.54) is 0 Å². The summed E-state index contributed by atoms with van der Waals surface area (Å²) < 4.78 is 0. The van der Waals surface area contributed by atoms with Crippen LogP contribution in [0, 0.1) is 0 Å². The number of pyridine rings is 1. The second kappa shape index (κ2) is 6.95. The van der Waals surface area contributed by atoms with Crippen LogP contribution in [0.25, 0.3) is 0 Å². The van der Waals surface area contributed by atoms with Crippen LogP contribution in [0.2, 0.25) is 0 Å². The zero-order valence-corrected chi connectivity index (χ0v) is 9.52. The second-order valence-corrected chi connectivity index (χ2v) is 3.83. The van der Waals surface area contributed by atoms with Crippen molar-refractivity contribution in [1.82, 2.24) is 10.3 Å². The van der Waals surface area contributed by atoms with Crippen molar-refractivity contribution in [3.63, 3.8) is 0 Å². The third-order valence-corrected chi connectivity index (χ3v) is 2.24. The maximum absolute atomic E-state index is 11.4. The molecular weight excluding hydrogens is 204 g/mol. The first-order valence-corrected chi connectivity index (χ1v) is 5.52. The minimum absolute atomic E-state index is 0.0162. The Morgan fingerprint density at radius 1 is 1.56 bits per heavy atom. The molecule has 1 aromatic rings. The maximum atomic E-state index is 11.4. The van der Waals surface area contributed by atoms with Crippen LogP contribution < -0.4 is 5.32 Å². The Bertz CT molecular complexity index is 314. The molecule has 1 amide bonds. The molecule has 16 heavy (non-hydrogen) atoms. The van der Waals surface area contributed by atoms with E-state index in [2.05, 4.69) is 10.3 Å². The molecule has 0 fully saturated rings. The minimum Gasteiger partial charge on any atom is -0.394 e. The minimum atomic E-state index is -0.164. The van der Waals surface area contributed by atoms with Crippen molar-refractivity contribution < 1.29 is 9.90 Å². The number of carbonyl (C=O) groups is 1. The van der Waals surface area contributed by atoms with Crippen molar-refractivity contribution >= 4 is 5.91 Å². The fourth-order valence-corrected chi connectivity index (χ4v) is 1.37. The Morgan fingerprint density at radius 3 is 3.00 bits per heavy atom. The Morgan fingerprint density at radius 2 is 2.38 bits per heavy atom. The zero-order chi connectivity index (χ0) is 11.8. The molecule has 0 aromatic carbocycles. The highest BCUT2D eigenvalue weighted by atomic mass is 16.3. The van der Waals surface area contributed by atoms with Gasteiger partial charge in [-0.3, -0.25) is 9.78 Å². The first kappa shape index (κ1) is 12.6. The van der Waals surface area contributed by atoms with Gasteiger partial charge in [-0.15, -0.1) is 0 Å². The highest BCUT2D eigenvalue weighted by molar-refractivity contribution is 5.76. The molecule has 4 heteroatoms. The summed E-state index contributed by atoms with van der Waals surface area (Å²) in [5.74, 6) is -0.0162. The summed E-state index contributed by atoms with van der Waals surface area (Å²) in [6.45, 7) is 1.75. The summed E-state index contributed by atoms with van der Waals surface area (Å²) in [7, 11) is 0. The molecule has 1 aromatic heterocycles. The third-order valence-electron chi connectivity index (χ3n) is 2.24. The number of aromatic nitrogens is 1. The van der Waals surface area contributed by atoms with Crippen LogP contribution in [0.5, 0.6) is 0 Å². The smallest absolute Gasteiger partial charge is 0.220 e. The van der Waals surface area contributed by atoms with Crippen LogP contribution in [0.4, 0.5) is 0 Å². The molecule has 4 nitrogen and oxygen atoms in total. The summed E-state index contributed by atoms with van der Waals surface area (Å²) >= 11 is 0. The normalized spacial score (nSPS) is 12.1. The van der Waals surface area contributed by atoms with E-state index in [-0.39, 0.29) is 18.6 Å². The average Bonchev–Trinajstić information content (AvgIpc) is 2.30. The topological polar surface area (TPSA) is 62.2 Å². The van der Waals surface area contributed by atoms with Crippen molar-refractivity contribution in [3.05, 3.63) is 30.1 Å². The molecule has 0 saturated heterocycles. The number of amides is 1. The van der Waals surface area contributed by atoms with Gasteiger partial charge < -0.3 is 10.4 Å². The fourth-order valence-electron chi connectivity index (χ4n) is 1.37. The highest BCUT2D eigenvalue weighted by Gasteiger charge is 2.05. The molecule has 0 aliphatic heterocycles. The van der Waals surface area contributed by atoms with Crippen LogP contribution in [0.3, 0.4) is 0 Å². The molecule has 0 aliphatic carbocycles. The summed E-state index contributed by atoms with van der Waals surface area (Å²) in [6.07, 6.45) is 3.81. The number of aliphatic hydroxyl groups is 1. The van der Waals surface area contributed by atoms with Crippen LogP contribution in [-0.2, 0) is 11.2 Å². The molecule has 0 aliphatic rings. The van der Waals surface area contributed by atoms with Crippen molar-refractivity contribution in [2.24, 2.45) is 0 Å². The van der Waals surface area contributed by atoms with Gasteiger partial charge in [0.05, 0.1) is 6.61 Å². The van der Waals surface area contributed by atoms with Gasteiger partial charge in [0.1, 0.15) is 0 Å². The summed E-state index contributed by atoms with van der Waals surface area (Å²) in [6, 6.07) is 5.60. The number of aryl methyl sites for hydroxylation is 1. The molecule has 1 atom stereocenters. The Labute approximate surface area is 95.7 Å². The first-order chi connectivity index (χ1) is 7.72. The van der Waals surface area contributed by atoms with E-state index in [0.717, 1.165) is 18.5 Å². The third kappa shape index (κ3) is 4.89. The summed E-state index contributed by atoms with van der Waals surface area (Å²) in [5.41, 5.74) is 1.01. The van der Waals surface area contributed by atoms with Crippen LogP contribution in [-0.4, -0.2) is 28.6 Å². The van der Waals surface area contributed by atoms with Gasteiger partial charge in [0.2, 0.25) is 5.91 Å². The van der Waals surface area contributed by atoms with E-state index in [4.69, 9.17) is 5.11 Å². The molecule has 0 bridgehead atoms. The molecule has 0 radical (unpaired) electrons. The van der Waals surface area contributed by atoms with E-state index in [0.29, 0.717) is 6.42 Å². The number of nitrogens with zero attached hydrogens (tertiary/aromatic N) is 1. The number of rotatable bonds is 6. The Kier molecular flexibility index (Phi) is 5.50. The van der Waals surface area contributed by atoms with Crippen molar-refractivity contribution in [2.45, 2.75) is 32.2 Å². The van der Waals surface area contributed by atoms with Gasteiger partial charge in [-0.05, 0) is 31.9 Å². The van der Waals surface area contributed by atoms with Gasteiger partial charge in [0.25, 0.3) is 0 Å². The fraction of sp³-hybridized carbons (Fsp3) is 0.500. The van der Waals surface area contributed by atoms with Gasteiger partial charge >= 0.3 is 0 Å². The van der Waals surface area contributed by atoms with Crippen LogP contribution in [0.15, 0.2) is 24.4 Å². The van der Waals surface area contributed by atoms with Gasteiger partial charge in [0, 0.05) is 24.4 Å². The van der Waals surface area contributed by atoms with Gasteiger partial charge in [-0.25, -0.2) is 0 Å². The maximum Gasteiger partial charge on any atom is 0.220 e. The molecule has 0 saturated carbocycles. The van der Waals surface area contributed by atoms with Crippen molar-refractivity contribution in [3.8, 4) is 0 Å². The van der Waals surface area contributed by atoms with E-state index < -0.39 is 0 Å². The molecule has 2 N–H and O–H groups in total. The van der Waals surface area contributed by atoms with E-state index in [1.54, 1.807) is 13.1 Å². The highest BCUT2D eigenvalue weighted by Crippen LogP contribution is 2.01. The molecule has 0 spiro atoms. The molecule has 88 valence electrons. The van der Waals surface area contributed by atoms with E-state index in [1.807, 2.05) is 18.2 Å². The second-order valence-electron chi connectivity index (χ2n) is 3.83. The van der Waals surface area contributed by atoms with Gasteiger partial charge in [-0.1, -0.05) is 6.07 Å². The standard InChI is InChI=1S/C12H18N2O2/c1-10(9-15)14-12(16)7-4-6-11-5-2-3-8-13-11/h2-3,5,8,10,15H,4,6-7,9H2,1H3,(H,14,16). The lowest BCUT2D eigenvalue weighted by molar-refractivity contribution is -0.122. The Balaban J connectivity index is 2.18. The molecular formula is C12H18N2O2. The quantitative estimate of drug-likeness (QED) is 0.751. The monoisotopic (exact) mass is 222 g/mol. The summed E-state index contributed by atoms with van der Waals surface area (Å²) in [5, 5.41) is 11.5. The van der Waals surface area contributed by atoms with E-state index in [9.17, 15) is 4.79 Å². The lowest BCUT2D eigenvalue weighted by Gasteiger charge is -2.10. The van der Waals surface area contributed by atoms with Crippen LogP contribution >= 0.6 is 0 Å².